The highest BCUT2D eigenvalue weighted by Gasteiger charge is 2.30. The average Bonchev–Trinajstić information content (AvgIpc) is 2.40. The van der Waals surface area contributed by atoms with Gasteiger partial charge in [0.25, 0.3) is 0 Å². The molecule has 0 saturated carbocycles. The van der Waals surface area contributed by atoms with Gasteiger partial charge in [0.15, 0.2) is 0 Å². The lowest BCUT2D eigenvalue weighted by molar-refractivity contribution is -0.137. The summed E-state index contributed by atoms with van der Waals surface area (Å²) in [6.45, 7) is 0. The maximum atomic E-state index is 12.4. The van der Waals surface area contributed by atoms with Gasteiger partial charge < -0.3 is 10.4 Å². The molecule has 1 heterocycles. The Morgan fingerprint density at radius 2 is 1.95 bits per heavy atom. The van der Waals surface area contributed by atoms with E-state index in [0.717, 1.165) is 6.07 Å². The number of carboxylic acids is 1. The zero-order chi connectivity index (χ0) is 15.6. The SMILES string of the molecule is O=C(O)c1cc(Nc2ccc(C(F)(F)F)cn2)ccc1Br. The Morgan fingerprint density at radius 3 is 2.48 bits per heavy atom. The highest BCUT2D eigenvalue weighted by atomic mass is 79.9. The quantitative estimate of drug-likeness (QED) is 0.856. The van der Waals surface area contributed by atoms with E-state index in [1.54, 1.807) is 6.07 Å². The molecule has 0 unspecified atom stereocenters. The molecule has 0 aliphatic heterocycles. The summed E-state index contributed by atoms with van der Waals surface area (Å²) in [4.78, 5) is 14.6. The maximum Gasteiger partial charge on any atom is 0.417 e. The van der Waals surface area contributed by atoms with Crippen molar-refractivity contribution in [1.29, 1.82) is 0 Å². The molecular formula is C13H8BrF3N2O2. The third-order valence-corrected chi connectivity index (χ3v) is 3.25. The van der Waals surface area contributed by atoms with E-state index in [4.69, 9.17) is 5.11 Å². The number of anilines is 2. The molecule has 4 nitrogen and oxygen atoms in total. The van der Waals surface area contributed by atoms with Crippen LogP contribution in [0.2, 0.25) is 0 Å². The summed E-state index contributed by atoms with van der Waals surface area (Å²) >= 11 is 3.10. The van der Waals surface area contributed by atoms with Crippen LogP contribution in [0.5, 0.6) is 0 Å². The number of pyridine rings is 1. The van der Waals surface area contributed by atoms with Crippen molar-refractivity contribution < 1.29 is 23.1 Å². The minimum atomic E-state index is -4.44. The number of carbonyl (C=O) groups is 1. The summed E-state index contributed by atoms with van der Waals surface area (Å²) in [5.41, 5.74) is -0.412. The lowest BCUT2D eigenvalue weighted by Crippen LogP contribution is -2.06. The number of alkyl halides is 3. The third-order valence-electron chi connectivity index (χ3n) is 2.56. The van der Waals surface area contributed by atoms with E-state index in [-0.39, 0.29) is 11.4 Å². The van der Waals surface area contributed by atoms with Gasteiger partial charge in [-0.2, -0.15) is 13.2 Å². The Morgan fingerprint density at radius 1 is 1.24 bits per heavy atom. The van der Waals surface area contributed by atoms with Crippen molar-refractivity contribution in [3.05, 3.63) is 52.1 Å². The number of carboxylic acid groups (broad SMARTS) is 1. The number of hydrogen-bond acceptors (Lipinski definition) is 3. The Balaban J connectivity index is 2.22. The molecule has 8 heteroatoms. The molecule has 110 valence electrons. The lowest BCUT2D eigenvalue weighted by atomic mass is 10.2. The molecule has 0 radical (unpaired) electrons. The van der Waals surface area contributed by atoms with Gasteiger partial charge in [-0.3, -0.25) is 0 Å². The number of aromatic nitrogens is 1. The van der Waals surface area contributed by atoms with Crippen LogP contribution in [0, 0.1) is 0 Å². The van der Waals surface area contributed by atoms with E-state index in [0.29, 0.717) is 16.4 Å². The summed E-state index contributed by atoms with van der Waals surface area (Å²) in [7, 11) is 0. The Hall–Kier alpha value is -2.09. The summed E-state index contributed by atoms with van der Waals surface area (Å²) < 4.78 is 37.6. The number of hydrogen-bond donors (Lipinski definition) is 2. The topological polar surface area (TPSA) is 62.2 Å². The molecule has 1 aromatic carbocycles. The van der Waals surface area contributed by atoms with Crippen molar-refractivity contribution in [3.63, 3.8) is 0 Å². The van der Waals surface area contributed by atoms with Gasteiger partial charge in [0.2, 0.25) is 0 Å². The molecule has 0 aliphatic carbocycles. The van der Waals surface area contributed by atoms with Crippen molar-refractivity contribution in [2.24, 2.45) is 0 Å². The van der Waals surface area contributed by atoms with E-state index >= 15 is 0 Å². The second-order valence-electron chi connectivity index (χ2n) is 4.05. The first-order valence-electron chi connectivity index (χ1n) is 5.60. The predicted octanol–water partition coefficient (Wildman–Crippen LogP) is 4.30. The van der Waals surface area contributed by atoms with Crippen LogP contribution in [-0.2, 0) is 6.18 Å². The van der Waals surface area contributed by atoms with Gasteiger partial charge in [0.05, 0.1) is 11.1 Å². The first-order valence-corrected chi connectivity index (χ1v) is 6.40. The molecule has 0 saturated heterocycles. The first kappa shape index (κ1) is 15.3. The summed E-state index contributed by atoms with van der Waals surface area (Å²) in [5.74, 6) is -0.937. The van der Waals surface area contributed by atoms with Crippen LogP contribution in [0.1, 0.15) is 15.9 Å². The van der Waals surface area contributed by atoms with Crippen LogP contribution in [0.25, 0.3) is 0 Å². The minimum Gasteiger partial charge on any atom is -0.478 e. The highest BCUT2D eigenvalue weighted by molar-refractivity contribution is 9.10. The Bertz CT molecular complexity index is 672. The first-order chi connectivity index (χ1) is 9.77. The number of rotatable bonds is 3. The van der Waals surface area contributed by atoms with Crippen LogP contribution in [0.4, 0.5) is 24.7 Å². The third kappa shape index (κ3) is 3.72. The summed E-state index contributed by atoms with van der Waals surface area (Å²) in [5, 5.41) is 11.7. The van der Waals surface area contributed by atoms with E-state index in [2.05, 4.69) is 26.2 Å². The maximum absolute atomic E-state index is 12.4. The zero-order valence-corrected chi connectivity index (χ0v) is 11.9. The molecule has 2 aromatic rings. The smallest absolute Gasteiger partial charge is 0.417 e. The zero-order valence-electron chi connectivity index (χ0n) is 10.3. The van der Waals surface area contributed by atoms with Crippen molar-refractivity contribution >= 4 is 33.4 Å². The fraction of sp³-hybridized carbons (Fsp3) is 0.0769. The Labute approximate surface area is 125 Å². The van der Waals surface area contributed by atoms with Crippen molar-refractivity contribution in [1.82, 2.24) is 4.98 Å². The van der Waals surface area contributed by atoms with Gasteiger partial charge in [-0.05, 0) is 46.3 Å². The molecule has 0 spiro atoms. The number of nitrogens with one attached hydrogen (secondary N) is 1. The van der Waals surface area contributed by atoms with E-state index in [1.807, 2.05) is 0 Å². The van der Waals surface area contributed by atoms with Gasteiger partial charge in [0, 0.05) is 16.4 Å². The van der Waals surface area contributed by atoms with E-state index < -0.39 is 17.7 Å². The second kappa shape index (κ2) is 5.72. The molecule has 2 rings (SSSR count). The van der Waals surface area contributed by atoms with Gasteiger partial charge in [-0.15, -0.1) is 0 Å². The van der Waals surface area contributed by atoms with E-state index in [9.17, 15) is 18.0 Å². The molecule has 0 aliphatic rings. The van der Waals surface area contributed by atoms with Crippen LogP contribution in [0.3, 0.4) is 0 Å². The van der Waals surface area contributed by atoms with Crippen LogP contribution in [0.15, 0.2) is 41.0 Å². The number of benzene rings is 1. The monoisotopic (exact) mass is 360 g/mol. The number of aromatic carboxylic acids is 1. The number of nitrogens with zero attached hydrogens (tertiary/aromatic N) is 1. The molecule has 0 fully saturated rings. The largest absolute Gasteiger partial charge is 0.478 e. The standard InChI is InChI=1S/C13H8BrF3N2O2/c14-10-3-2-8(5-9(10)12(20)21)19-11-4-1-7(6-18-11)13(15,16)17/h1-6H,(H,18,19)(H,20,21). The van der Waals surface area contributed by atoms with E-state index in [1.165, 1.54) is 18.2 Å². The summed E-state index contributed by atoms with van der Waals surface area (Å²) in [6, 6.07) is 6.52. The Kier molecular flexibility index (Phi) is 4.17. The lowest BCUT2D eigenvalue weighted by Gasteiger charge is -2.09. The van der Waals surface area contributed by atoms with Gasteiger partial charge >= 0.3 is 12.1 Å². The van der Waals surface area contributed by atoms with Crippen LogP contribution < -0.4 is 5.32 Å². The number of halogens is 4. The van der Waals surface area contributed by atoms with Gasteiger partial charge in [-0.25, -0.2) is 9.78 Å². The molecule has 21 heavy (non-hydrogen) atoms. The van der Waals surface area contributed by atoms with Crippen molar-refractivity contribution in [2.75, 3.05) is 5.32 Å². The molecule has 0 bridgehead atoms. The van der Waals surface area contributed by atoms with Gasteiger partial charge in [-0.1, -0.05) is 0 Å². The normalized spacial score (nSPS) is 11.2. The summed E-state index contributed by atoms with van der Waals surface area (Å²) in [6.07, 6.45) is -3.74. The fourth-order valence-corrected chi connectivity index (χ4v) is 1.97. The van der Waals surface area contributed by atoms with Crippen LogP contribution >= 0.6 is 15.9 Å². The molecule has 0 amide bonds. The molecule has 2 N–H and O–H groups in total. The van der Waals surface area contributed by atoms with Gasteiger partial charge in [0.1, 0.15) is 5.82 Å². The highest BCUT2D eigenvalue weighted by Crippen LogP contribution is 2.29. The molecule has 1 aromatic heterocycles. The molecular weight excluding hydrogens is 353 g/mol. The van der Waals surface area contributed by atoms with Crippen molar-refractivity contribution in [2.45, 2.75) is 6.18 Å². The fourth-order valence-electron chi connectivity index (χ4n) is 1.55. The second-order valence-corrected chi connectivity index (χ2v) is 4.91. The molecule has 0 atom stereocenters. The average molecular weight is 361 g/mol. The predicted molar refractivity (Wildman–Crippen MR) is 73.6 cm³/mol. The van der Waals surface area contributed by atoms with Crippen molar-refractivity contribution in [3.8, 4) is 0 Å². The van der Waals surface area contributed by atoms with Crippen LogP contribution in [-0.4, -0.2) is 16.1 Å². The minimum absolute atomic E-state index is 0.0342.